The van der Waals surface area contributed by atoms with Crippen LogP contribution in [0.25, 0.3) is 10.8 Å². The van der Waals surface area contributed by atoms with Crippen molar-refractivity contribution < 1.29 is 19.0 Å². The second kappa shape index (κ2) is 4.16. The summed E-state index contributed by atoms with van der Waals surface area (Å²) in [5.41, 5.74) is 2.67. The van der Waals surface area contributed by atoms with Crippen molar-refractivity contribution in [2.24, 2.45) is 0 Å². The van der Waals surface area contributed by atoms with Gasteiger partial charge in [-0.2, -0.15) is 0 Å². The van der Waals surface area contributed by atoms with Crippen LogP contribution in [-0.4, -0.2) is 20.2 Å². The van der Waals surface area contributed by atoms with Crippen molar-refractivity contribution in [1.29, 1.82) is 0 Å². The van der Waals surface area contributed by atoms with Crippen molar-refractivity contribution in [3.63, 3.8) is 0 Å². The highest BCUT2D eigenvalue weighted by Gasteiger charge is 2.24. The fourth-order valence-electron chi connectivity index (χ4n) is 2.53. The molecule has 0 fully saturated rings. The lowest BCUT2D eigenvalue weighted by molar-refractivity contribution is 0.0535. The molecule has 0 unspecified atom stereocenters. The van der Waals surface area contributed by atoms with E-state index in [9.17, 15) is 4.79 Å². The summed E-state index contributed by atoms with van der Waals surface area (Å²) in [5.74, 6) is 1.08. The van der Waals surface area contributed by atoms with Gasteiger partial charge in [-0.1, -0.05) is 0 Å². The summed E-state index contributed by atoms with van der Waals surface area (Å²) in [7, 11) is 3.21. The zero-order chi connectivity index (χ0) is 13.6. The molecule has 0 aliphatic carbocycles. The summed E-state index contributed by atoms with van der Waals surface area (Å²) in [6, 6.07) is 5.68. The molecule has 1 heterocycles. The molecule has 1 aliphatic heterocycles. The number of rotatable bonds is 2. The predicted octanol–water partition coefficient (Wildman–Crippen LogP) is 2.84. The Morgan fingerprint density at radius 2 is 1.79 bits per heavy atom. The Hall–Kier alpha value is -2.23. The minimum absolute atomic E-state index is 0.255. The van der Waals surface area contributed by atoms with E-state index in [0.717, 1.165) is 21.9 Å². The third-order valence-electron chi connectivity index (χ3n) is 3.60. The molecule has 0 N–H and O–H groups in total. The summed E-state index contributed by atoms with van der Waals surface area (Å²) >= 11 is 0. The van der Waals surface area contributed by atoms with E-state index in [4.69, 9.17) is 14.2 Å². The SMILES string of the molecule is COc1cc2cc3c(c(C)c2cc1OC)COC3=O. The molecule has 98 valence electrons. The fourth-order valence-corrected chi connectivity index (χ4v) is 2.53. The highest BCUT2D eigenvalue weighted by atomic mass is 16.5. The van der Waals surface area contributed by atoms with Crippen molar-refractivity contribution in [2.45, 2.75) is 13.5 Å². The van der Waals surface area contributed by atoms with Crippen LogP contribution >= 0.6 is 0 Å². The number of aryl methyl sites for hydroxylation is 1. The summed E-state index contributed by atoms with van der Waals surface area (Å²) in [6.45, 7) is 2.35. The van der Waals surface area contributed by atoms with Crippen LogP contribution in [0.4, 0.5) is 0 Å². The second-order valence-corrected chi connectivity index (χ2v) is 4.53. The molecular formula is C15H14O4. The van der Waals surface area contributed by atoms with Gasteiger partial charge in [-0.25, -0.2) is 4.79 Å². The van der Waals surface area contributed by atoms with E-state index in [2.05, 4.69) is 0 Å². The Morgan fingerprint density at radius 1 is 1.11 bits per heavy atom. The average molecular weight is 258 g/mol. The van der Waals surface area contributed by atoms with E-state index in [1.165, 1.54) is 0 Å². The van der Waals surface area contributed by atoms with Crippen molar-refractivity contribution >= 4 is 16.7 Å². The molecule has 0 radical (unpaired) electrons. The van der Waals surface area contributed by atoms with Crippen LogP contribution in [-0.2, 0) is 11.3 Å². The van der Waals surface area contributed by atoms with Crippen LogP contribution in [0.3, 0.4) is 0 Å². The highest BCUT2D eigenvalue weighted by Crippen LogP contribution is 2.37. The summed E-state index contributed by atoms with van der Waals surface area (Å²) in [6.07, 6.45) is 0. The zero-order valence-corrected chi connectivity index (χ0v) is 11.1. The molecule has 3 rings (SSSR count). The van der Waals surface area contributed by atoms with Gasteiger partial charge in [0.15, 0.2) is 11.5 Å². The first-order valence-electron chi connectivity index (χ1n) is 6.01. The van der Waals surface area contributed by atoms with Gasteiger partial charge in [0.1, 0.15) is 6.61 Å². The number of ether oxygens (including phenoxy) is 3. The number of methoxy groups -OCH3 is 2. The summed E-state index contributed by atoms with van der Waals surface area (Å²) in [5, 5.41) is 2.00. The predicted molar refractivity (Wildman–Crippen MR) is 70.9 cm³/mol. The Balaban J connectivity index is 2.35. The molecule has 0 atom stereocenters. The van der Waals surface area contributed by atoms with E-state index in [0.29, 0.717) is 23.7 Å². The molecule has 4 heteroatoms. The fraction of sp³-hybridized carbons (Fsp3) is 0.267. The van der Waals surface area contributed by atoms with E-state index in [1.54, 1.807) is 14.2 Å². The largest absolute Gasteiger partial charge is 0.493 e. The van der Waals surface area contributed by atoms with Gasteiger partial charge in [0.05, 0.1) is 19.8 Å². The van der Waals surface area contributed by atoms with Crippen LogP contribution in [0.15, 0.2) is 18.2 Å². The number of benzene rings is 2. The van der Waals surface area contributed by atoms with E-state index < -0.39 is 0 Å². The van der Waals surface area contributed by atoms with Gasteiger partial charge in [-0.05, 0) is 41.5 Å². The van der Waals surface area contributed by atoms with Crippen LogP contribution in [0, 0.1) is 6.92 Å². The highest BCUT2D eigenvalue weighted by molar-refractivity contribution is 6.01. The van der Waals surface area contributed by atoms with E-state index in [1.807, 2.05) is 25.1 Å². The molecule has 0 bridgehead atoms. The van der Waals surface area contributed by atoms with Gasteiger partial charge in [0.25, 0.3) is 0 Å². The van der Waals surface area contributed by atoms with Gasteiger partial charge >= 0.3 is 5.97 Å². The number of fused-ring (bicyclic) bond motifs is 2. The standard InChI is InChI=1S/C15H14O4/c1-8-10-6-14(18-3)13(17-2)5-9(10)4-11-12(8)7-19-15(11)16/h4-6H,7H2,1-3H3. The molecular weight excluding hydrogens is 244 g/mol. The quantitative estimate of drug-likeness (QED) is 0.777. The van der Waals surface area contributed by atoms with E-state index in [-0.39, 0.29) is 5.97 Å². The third-order valence-corrected chi connectivity index (χ3v) is 3.60. The lowest BCUT2D eigenvalue weighted by Crippen LogP contribution is -1.96. The topological polar surface area (TPSA) is 44.8 Å². The van der Waals surface area contributed by atoms with Crippen molar-refractivity contribution in [3.8, 4) is 11.5 Å². The maximum absolute atomic E-state index is 11.7. The zero-order valence-electron chi connectivity index (χ0n) is 11.1. The van der Waals surface area contributed by atoms with Crippen molar-refractivity contribution in [3.05, 3.63) is 34.9 Å². The number of cyclic esters (lactones) is 1. The first-order valence-corrected chi connectivity index (χ1v) is 6.01. The molecule has 19 heavy (non-hydrogen) atoms. The molecule has 0 spiro atoms. The molecule has 0 saturated carbocycles. The molecule has 0 saturated heterocycles. The number of esters is 1. The lowest BCUT2D eigenvalue weighted by Gasteiger charge is -2.12. The lowest BCUT2D eigenvalue weighted by atomic mass is 9.96. The molecule has 2 aromatic rings. The Bertz CT molecular complexity index is 688. The Kier molecular flexibility index (Phi) is 2.59. The van der Waals surface area contributed by atoms with Crippen LogP contribution in [0.1, 0.15) is 21.5 Å². The van der Waals surface area contributed by atoms with Gasteiger partial charge in [-0.3, -0.25) is 0 Å². The summed E-state index contributed by atoms with van der Waals surface area (Å²) in [4.78, 5) is 11.7. The Labute approximate surface area is 110 Å². The van der Waals surface area contributed by atoms with Gasteiger partial charge in [-0.15, -0.1) is 0 Å². The van der Waals surface area contributed by atoms with Gasteiger partial charge < -0.3 is 14.2 Å². The summed E-state index contributed by atoms with van der Waals surface area (Å²) < 4.78 is 15.7. The maximum Gasteiger partial charge on any atom is 0.338 e. The molecule has 4 nitrogen and oxygen atoms in total. The monoisotopic (exact) mass is 258 g/mol. The van der Waals surface area contributed by atoms with E-state index >= 15 is 0 Å². The first-order chi connectivity index (χ1) is 9.15. The van der Waals surface area contributed by atoms with Crippen LogP contribution in [0.5, 0.6) is 11.5 Å². The van der Waals surface area contributed by atoms with Gasteiger partial charge in [0, 0.05) is 5.56 Å². The Morgan fingerprint density at radius 3 is 2.47 bits per heavy atom. The number of hydrogen-bond donors (Lipinski definition) is 0. The first kappa shape index (κ1) is 11.8. The second-order valence-electron chi connectivity index (χ2n) is 4.53. The van der Waals surface area contributed by atoms with Crippen molar-refractivity contribution in [1.82, 2.24) is 0 Å². The van der Waals surface area contributed by atoms with Gasteiger partial charge in [0.2, 0.25) is 0 Å². The normalized spacial score (nSPS) is 13.3. The van der Waals surface area contributed by atoms with Crippen LogP contribution in [0.2, 0.25) is 0 Å². The average Bonchev–Trinajstić information content (AvgIpc) is 2.79. The van der Waals surface area contributed by atoms with Crippen LogP contribution < -0.4 is 9.47 Å². The minimum atomic E-state index is -0.255. The third kappa shape index (κ3) is 1.63. The number of carbonyl (C=O) groups excluding carboxylic acids is 1. The smallest absolute Gasteiger partial charge is 0.338 e. The number of carbonyl (C=O) groups is 1. The maximum atomic E-state index is 11.7. The molecule has 0 aromatic heterocycles. The molecule has 0 amide bonds. The number of hydrogen-bond acceptors (Lipinski definition) is 4. The molecule has 2 aromatic carbocycles. The van der Waals surface area contributed by atoms with Crippen molar-refractivity contribution in [2.75, 3.05) is 14.2 Å². The molecule has 1 aliphatic rings. The minimum Gasteiger partial charge on any atom is -0.493 e.